The molecular weight excluding hydrogens is 456 g/mol. The Morgan fingerprint density at radius 3 is 2.58 bits per heavy atom. The molecule has 1 saturated heterocycles. The predicted molar refractivity (Wildman–Crippen MR) is 111 cm³/mol. The lowest BCUT2D eigenvalue weighted by Crippen LogP contribution is -2.29. The SMILES string of the molecule is C=CCN1C(=O)/C(=C/c2cccs2)S/C1=N/S(=O)(=O)c1ccc(Br)cc1. The third-order valence-electron chi connectivity index (χ3n) is 3.33. The normalized spacial score (nSPS) is 18.0. The maximum atomic E-state index is 12.6. The fraction of sp³-hybridized carbons (Fsp3) is 0.0588. The van der Waals surface area contributed by atoms with Gasteiger partial charge in [0.25, 0.3) is 15.9 Å². The van der Waals surface area contributed by atoms with Crippen molar-refractivity contribution in [2.45, 2.75) is 4.90 Å². The van der Waals surface area contributed by atoms with E-state index in [0.717, 1.165) is 21.1 Å². The van der Waals surface area contributed by atoms with Gasteiger partial charge in [-0.2, -0.15) is 8.42 Å². The summed E-state index contributed by atoms with van der Waals surface area (Å²) in [4.78, 5) is 15.3. The van der Waals surface area contributed by atoms with Crippen LogP contribution >= 0.6 is 39.0 Å². The number of halogens is 1. The standard InChI is InChI=1S/C17H13BrN2O3S3/c1-2-9-20-16(21)15(11-13-4-3-10-24-13)25-17(20)19-26(22,23)14-7-5-12(18)6-8-14/h2-8,10-11H,1,9H2/b15-11-,19-17+. The van der Waals surface area contributed by atoms with Crippen LogP contribution in [0, 0.1) is 0 Å². The van der Waals surface area contributed by atoms with Gasteiger partial charge in [-0.1, -0.05) is 28.1 Å². The molecule has 0 aliphatic carbocycles. The maximum absolute atomic E-state index is 12.6. The number of amidine groups is 1. The highest BCUT2D eigenvalue weighted by molar-refractivity contribution is 9.10. The molecule has 134 valence electrons. The summed E-state index contributed by atoms with van der Waals surface area (Å²) in [5.41, 5.74) is 0. The third-order valence-corrected chi connectivity index (χ3v) is 7.08. The first-order valence-electron chi connectivity index (χ1n) is 7.37. The fourth-order valence-electron chi connectivity index (χ4n) is 2.13. The molecule has 0 bridgehead atoms. The van der Waals surface area contributed by atoms with E-state index in [-0.39, 0.29) is 22.5 Å². The van der Waals surface area contributed by atoms with Crippen molar-refractivity contribution < 1.29 is 13.2 Å². The van der Waals surface area contributed by atoms with Gasteiger partial charge in [0, 0.05) is 15.9 Å². The van der Waals surface area contributed by atoms with Crippen molar-refractivity contribution in [1.29, 1.82) is 0 Å². The van der Waals surface area contributed by atoms with E-state index in [4.69, 9.17) is 0 Å². The lowest BCUT2D eigenvalue weighted by atomic mass is 10.3. The van der Waals surface area contributed by atoms with Gasteiger partial charge in [0.15, 0.2) is 5.17 Å². The minimum Gasteiger partial charge on any atom is -0.282 e. The van der Waals surface area contributed by atoms with Crippen LogP contribution in [0.25, 0.3) is 6.08 Å². The first-order chi connectivity index (χ1) is 12.4. The highest BCUT2D eigenvalue weighted by atomic mass is 79.9. The van der Waals surface area contributed by atoms with Crippen LogP contribution in [-0.2, 0) is 14.8 Å². The van der Waals surface area contributed by atoms with Crippen LogP contribution in [0.15, 0.2) is 73.1 Å². The topological polar surface area (TPSA) is 66.8 Å². The zero-order valence-electron chi connectivity index (χ0n) is 13.3. The van der Waals surface area contributed by atoms with E-state index in [0.29, 0.717) is 4.91 Å². The highest BCUT2D eigenvalue weighted by Crippen LogP contribution is 2.34. The molecule has 1 amide bonds. The summed E-state index contributed by atoms with van der Waals surface area (Å²) < 4.78 is 29.8. The van der Waals surface area contributed by atoms with Gasteiger partial charge in [0.05, 0.1) is 9.80 Å². The second-order valence-electron chi connectivity index (χ2n) is 5.13. The Morgan fingerprint density at radius 2 is 1.96 bits per heavy atom. The number of carbonyl (C=O) groups excluding carboxylic acids is 1. The summed E-state index contributed by atoms with van der Waals surface area (Å²) in [6.07, 6.45) is 3.27. The van der Waals surface area contributed by atoms with E-state index >= 15 is 0 Å². The number of thioether (sulfide) groups is 1. The van der Waals surface area contributed by atoms with Gasteiger partial charge >= 0.3 is 0 Å². The van der Waals surface area contributed by atoms with E-state index in [2.05, 4.69) is 26.9 Å². The van der Waals surface area contributed by atoms with E-state index in [1.54, 1.807) is 18.2 Å². The summed E-state index contributed by atoms with van der Waals surface area (Å²) >= 11 is 5.81. The average Bonchev–Trinajstić information content (AvgIpc) is 3.20. The second-order valence-corrected chi connectivity index (χ2v) is 9.64. The molecule has 26 heavy (non-hydrogen) atoms. The first kappa shape index (κ1) is 19.1. The average molecular weight is 469 g/mol. The molecular formula is C17H13BrN2O3S3. The van der Waals surface area contributed by atoms with Crippen molar-refractivity contribution in [3.63, 3.8) is 0 Å². The maximum Gasteiger partial charge on any atom is 0.284 e. The van der Waals surface area contributed by atoms with Crippen molar-refractivity contribution in [2.24, 2.45) is 4.40 Å². The third kappa shape index (κ3) is 4.17. The largest absolute Gasteiger partial charge is 0.284 e. The Morgan fingerprint density at radius 1 is 1.23 bits per heavy atom. The van der Waals surface area contributed by atoms with Crippen LogP contribution in [0.5, 0.6) is 0 Å². The van der Waals surface area contributed by atoms with E-state index in [1.165, 1.54) is 34.4 Å². The Balaban J connectivity index is 1.98. The van der Waals surface area contributed by atoms with E-state index in [1.807, 2.05) is 17.5 Å². The molecule has 3 rings (SSSR count). The Bertz CT molecular complexity index is 994. The molecule has 1 aliphatic heterocycles. The second kappa shape index (κ2) is 7.91. The Kier molecular flexibility index (Phi) is 5.81. The Labute approximate surface area is 168 Å². The molecule has 0 spiro atoms. The molecule has 1 aromatic heterocycles. The number of rotatable bonds is 5. The van der Waals surface area contributed by atoms with Crippen molar-refractivity contribution in [3.8, 4) is 0 Å². The number of sulfonamides is 1. The molecule has 1 aliphatic rings. The molecule has 9 heteroatoms. The van der Waals surface area contributed by atoms with Gasteiger partial charge < -0.3 is 0 Å². The minimum absolute atomic E-state index is 0.0653. The molecule has 0 unspecified atom stereocenters. The van der Waals surface area contributed by atoms with Crippen LogP contribution in [0.3, 0.4) is 0 Å². The molecule has 5 nitrogen and oxygen atoms in total. The lowest BCUT2D eigenvalue weighted by molar-refractivity contribution is -0.121. The monoisotopic (exact) mass is 468 g/mol. The first-order valence-corrected chi connectivity index (χ1v) is 11.3. The van der Waals surface area contributed by atoms with Crippen LogP contribution in [0.2, 0.25) is 0 Å². The molecule has 0 atom stereocenters. The highest BCUT2D eigenvalue weighted by Gasteiger charge is 2.34. The molecule has 0 saturated carbocycles. The van der Waals surface area contributed by atoms with Crippen LogP contribution in [0.4, 0.5) is 0 Å². The van der Waals surface area contributed by atoms with Gasteiger partial charge in [-0.05, 0) is 53.5 Å². The van der Waals surface area contributed by atoms with Gasteiger partial charge in [0.1, 0.15) is 0 Å². The summed E-state index contributed by atoms with van der Waals surface area (Å²) in [7, 11) is -3.93. The van der Waals surface area contributed by atoms with Crippen LogP contribution in [-0.4, -0.2) is 30.9 Å². The molecule has 2 aromatic rings. The van der Waals surface area contributed by atoms with Crippen molar-refractivity contribution in [2.75, 3.05) is 6.54 Å². The summed E-state index contributed by atoms with van der Waals surface area (Å²) in [5.74, 6) is -0.284. The number of amides is 1. The Hall–Kier alpha value is -1.68. The summed E-state index contributed by atoms with van der Waals surface area (Å²) in [5, 5.41) is 2.03. The van der Waals surface area contributed by atoms with Gasteiger partial charge in [-0.3, -0.25) is 9.69 Å². The molecule has 1 aromatic carbocycles. The van der Waals surface area contributed by atoms with Gasteiger partial charge in [-0.15, -0.1) is 22.3 Å². The molecule has 0 N–H and O–H groups in total. The number of hydrogen-bond acceptors (Lipinski definition) is 5. The number of benzene rings is 1. The number of hydrogen-bond donors (Lipinski definition) is 0. The zero-order valence-corrected chi connectivity index (χ0v) is 17.4. The quantitative estimate of drug-likeness (QED) is 0.482. The number of carbonyl (C=O) groups is 1. The fourth-order valence-corrected chi connectivity index (χ4v) is 5.31. The van der Waals surface area contributed by atoms with Crippen molar-refractivity contribution >= 4 is 66.2 Å². The number of nitrogens with zero attached hydrogens (tertiary/aromatic N) is 2. The van der Waals surface area contributed by atoms with Gasteiger partial charge in [0.2, 0.25) is 0 Å². The zero-order chi connectivity index (χ0) is 18.7. The lowest BCUT2D eigenvalue weighted by Gasteiger charge is -2.12. The molecule has 0 radical (unpaired) electrons. The van der Waals surface area contributed by atoms with Crippen LogP contribution in [0.1, 0.15) is 4.88 Å². The van der Waals surface area contributed by atoms with E-state index in [9.17, 15) is 13.2 Å². The predicted octanol–water partition coefficient (Wildman–Crippen LogP) is 4.36. The van der Waals surface area contributed by atoms with Crippen LogP contribution < -0.4 is 0 Å². The molecule has 1 fully saturated rings. The summed E-state index contributed by atoms with van der Waals surface area (Å²) in [6.45, 7) is 3.81. The minimum atomic E-state index is -3.93. The van der Waals surface area contributed by atoms with Crippen molar-refractivity contribution in [1.82, 2.24) is 4.90 Å². The van der Waals surface area contributed by atoms with Gasteiger partial charge in [-0.25, -0.2) is 0 Å². The number of thiophene rings is 1. The molecule has 2 heterocycles. The summed E-state index contributed by atoms with van der Waals surface area (Å²) in [6, 6.07) is 9.95. The smallest absolute Gasteiger partial charge is 0.282 e. The van der Waals surface area contributed by atoms with E-state index < -0.39 is 10.0 Å². The van der Waals surface area contributed by atoms with Crippen molar-refractivity contribution in [3.05, 3.63) is 68.7 Å².